The van der Waals surface area contributed by atoms with Crippen LogP contribution in [-0.2, 0) is 10.0 Å². The van der Waals surface area contributed by atoms with Crippen molar-refractivity contribution >= 4 is 21.8 Å². The van der Waals surface area contributed by atoms with Crippen LogP contribution in [0.3, 0.4) is 0 Å². The van der Waals surface area contributed by atoms with E-state index in [0.29, 0.717) is 24.4 Å². The number of hydrogen-bond acceptors (Lipinski definition) is 5. The fraction of sp³-hybridized carbons (Fsp3) is 0.294. The van der Waals surface area contributed by atoms with E-state index in [1.165, 1.54) is 40.9 Å². The van der Waals surface area contributed by atoms with Gasteiger partial charge in [0.05, 0.1) is 16.7 Å². The molecule has 0 spiro atoms. The maximum absolute atomic E-state index is 12.5. The maximum Gasteiger partial charge on any atom is 0.273 e. The van der Waals surface area contributed by atoms with Crippen molar-refractivity contribution in [1.29, 1.82) is 0 Å². The average Bonchev–Trinajstić information content (AvgIpc) is 3.06. The summed E-state index contributed by atoms with van der Waals surface area (Å²) >= 11 is 0. The topological polar surface area (TPSA) is 109 Å². The summed E-state index contributed by atoms with van der Waals surface area (Å²) in [6.07, 6.45) is 1.37. The van der Waals surface area contributed by atoms with E-state index in [9.17, 15) is 18.0 Å². The molecule has 8 nitrogen and oxygen atoms in total. The molecule has 0 bridgehead atoms. The number of hydrogen-bond donors (Lipinski definition) is 2. The van der Waals surface area contributed by atoms with Crippen LogP contribution in [0.15, 0.2) is 45.9 Å². The Balaban J connectivity index is 2.13. The summed E-state index contributed by atoms with van der Waals surface area (Å²) in [6.45, 7) is 5.76. The molecule has 2 amide bonds. The first-order valence-corrected chi connectivity index (χ1v) is 9.50. The van der Waals surface area contributed by atoms with Crippen molar-refractivity contribution in [1.82, 2.24) is 15.2 Å². The van der Waals surface area contributed by atoms with E-state index in [0.717, 1.165) is 0 Å². The molecule has 0 aliphatic carbocycles. The number of carbonyl (C=O) groups excluding carboxylic acids is 2. The number of carbonyl (C=O) groups is 2. The Bertz CT molecular complexity index is 901. The van der Waals surface area contributed by atoms with Gasteiger partial charge in [-0.05, 0) is 31.2 Å². The zero-order chi connectivity index (χ0) is 19.3. The molecule has 1 heterocycles. The third-order valence-electron chi connectivity index (χ3n) is 3.83. The van der Waals surface area contributed by atoms with Gasteiger partial charge in [-0.1, -0.05) is 19.9 Å². The Labute approximate surface area is 152 Å². The van der Waals surface area contributed by atoms with E-state index < -0.39 is 21.8 Å². The van der Waals surface area contributed by atoms with Crippen molar-refractivity contribution < 1.29 is 22.4 Å². The number of furan rings is 1. The van der Waals surface area contributed by atoms with Crippen molar-refractivity contribution in [3.8, 4) is 0 Å². The number of amides is 2. The van der Waals surface area contributed by atoms with Crippen molar-refractivity contribution in [2.45, 2.75) is 25.7 Å². The fourth-order valence-electron chi connectivity index (χ4n) is 2.38. The van der Waals surface area contributed by atoms with Crippen LogP contribution < -0.4 is 10.9 Å². The van der Waals surface area contributed by atoms with Gasteiger partial charge in [-0.2, -0.15) is 4.31 Å². The van der Waals surface area contributed by atoms with Crippen molar-refractivity contribution in [3.05, 3.63) is 53.5 Å². The van der Waals surface area contributed by atoms with Gasteiger partial charge < -0.3 is 4.42 Å². The highest BCUT2D eigenvalue weighted by Gasteiger charge is 2.22. The Kier molecular flexibility index (Phi) is 6.17. The molecule has 0 radical (unpaired) electrons. The van der Waals surface area contributed by atoms with Crippen molar-refractivity contribution in [2.75, 3.05) is 13.1 Å². The molecule has 0 unspecified atom stereocenters. The van der Waals surface area contributed by atoms with E-state index in [4.69, 9.17) is 4.42 Å². The van der Waals surface area contributed by atoms with Crippen LogP contribution in [0, 0.1) is 6.92 Å². The summed E-state index contributed by atoms with van der Waals surface area (Å²) in [6, 6.07) is 7.13. The molecule has 0 aliphatic rings. The minimum atomic E-state index is -3.68. The first-order chi connectivity index (χ1) is 12.3. The molecule has 1 aromatic carbocycles. The number of hydrazine groups is 1. The normalized spacial score (nSPS) is 11.4. The van der Waals surface area contributed by atoms with Crippen LogP contribution in [0.1, 0.15) is 40.3 Å². The molecule has 2 aromatic rings. The first-order valence-electron chi connectivity index (χ1n) is 8.06. The van der Waals surface area contributed by atoms with Crippen LogP contribution in [0.25, 0.3) is 0 Å². The third-order valence-corrected chi connectivity index (χ3v) is 5.88. The molecule has 140 valence electrons. The number of aryl methyl sites for hydroxylation is 1. The lowest BCUT2D eigenvalue weighted by molar-refractivity contribution is 0.0845. The van der Waals surface area contributed by atoms with Gasteiger partial charge in [-0.15, -0.1) is 0 Å². The summed E-state index contributed by atoms with van der Waals surface area (Å²) in [4.78, 5) is 24.2. The van der Waals surface area contributed by atoms with Crippen LogP contribution in [0.2, 0.25) is 0 Å². The van der Waals surface area contributed by atoms with Crippen LogP contribution in [0.4, 0.5) is 0 Å². The zero-order valence-electron chi connectivity index (χ0n) is 14.8. The number of benzene rings is 1. The monoisotopic (exact) mass is 379 g/mol. The molecule has 1 aromatic heterocycles. The average molecular weight is 379 g/mol. The highest BCUT2D eigenvalue weighted by molar-refractivity contribution is 7.89. The zero-order valence-corrected chi connectivity index (χ0v) is 15.6. The molecule has 9 heteroatoms. The second-order valence-corrected chi connectivity index (χ2v) is 7.35. The van der Waals surface area contributed by atoms with E-state index in [-0.39, 0.29) is 10.5 Å². The minimum Gasteiger partial charge on any atom is -0.469 e. The Hall–Kier alpha value is -2.65. The lowest BCUT2D eigenvalue weighted by atomic mass is 10.2. The number of nitrogens with one attached hydrogen (secondary N) is 2. The second kappa shape index (κ2) is 8.15. The number of sulfonamides is 1. The standard InChI is InChI=1S/C17H21N3O5S/c1-4-20(5-2)26(23,24)14-8-6-7-13(11-14)16(21)18-19-17(22)15-9-10-25-12(15)3/h6-11H,4-5H2,1-3H3,(H,18,21)(H,19,22). The smallest absolute Gasteiger partial charge is 0.273 e. The summed E-state index contributed by atoms with van der Waals surface area (Å²) < 4.78 is 31.4. The summed E-state index contributed by atoms with van der Waals surface area (Å²) in [5.41, 5.74) is 4.94. The third kappa shape index (κ3) is 4.12. The molecular weight excluding hydrogens is 358 g/mol. The Morgan fingerprint density at radius 2 is 1.73 bits per heavy atom. The fourth-order valence-corrected chi connectivity index (χ4v) is 3.89. The molecule has 0 aliphatic heterocycles. The van der Waals surface area contributed by atoms with Crippen LogP contribution in [0.5, 0.6) is 0 Å². The maximum atomic E-state index is 12.5. The van der Waals surface area contributed by atoms with Gasteiger partial charge in [0.15, 0.2) is 0 Å². The molecule has 0 atom stereocenters. The van der Waals surface area contributed by atoms with Crippen LogP contribution in [-0.4, -0.2) is 37.6 Å². The summed E-state index contributed by atoms with van der Waals surface area (Å²) in [5, 5.41) is 0. The highest BCUT2D eigenvalue weighted by atomic mass is 32.2. The second-order valence-electron chi connectivity index (χ2n) is 5.42. The van der Waals surface area contributed by atoms with Crippen molar-refractivity contribution in [3.63, 3.8) is 0 Å². The molecule has 0 fully saturated rings. The summed E-state index contributed by atoms with van der Waals surface area (Å²) in [7, 11) is -3.68. The van der Waals surface area contributed by atoms with Gasteiger partial charge in [-0.25, -0.2) is 8.42 Å². The van der Waals surface area contributed by atoms with Gasteiger partial charge in [0.25, 0.3) is 11.8 Å². The van der Waals surface area contributed by atoms with Gasteiger partial charge >= 0.3 is 0 Å². The molecule has 2 rings (SSSR count). The van der Waals surface area contributed by atoms with E-state index >= 15 is 0 Å². The quantitative estimate of drug-likeness (QED) is 0.743. The molecule has 0 saturated heterocycles. The van der Waals surface area contributed by atoms with Crippen molar-refractivity contribution in [2.24, 2.45) is 0 Å². The van der Waals surface area contributed by atoms with E-state index in [1.54, 1.807) is 20.8 Å². The summed E-state index contributed by atoms with van der Waals surface area (Å²) in [5.74, 6) is -0.739. The van der Waals surface area contributed by atoms with Gasteiger partial charge in [0.2, 0.25) is 10.0 Å². The van der Waals surface area contributed by atoms with E-state index in [1.807, 2.05) is 0 Å². The van der Waals surface area contributed by atoms with Gasteiger partial charge in [0, 0.05) is 18.7 Å². The minimum absolute atomic E-state index is 0.0193. The van der Waals surface area contributed by atoms with Crippen LogP contribution >= 0.6 is 0 Å². The molecular formula is C17H21N3O5S. The SMILES string of the molecule is CCN(CC)S(=O)(=O)c1cccc(C(=O)NNC(=O)c2ccoc2C)c1. The lowest BCUT2D eigenvalue weighted by Crippen LogP contribution is -2.41. The predicted octanol–water partition coefficient (Wildman–Crippen LogP) is 1.69. The molecule has 26 heavy (non-hydrogen) atoms. The van der Waals surface area contributed by atoms with E-state index in [2.05, 4.69) is 10.9 Å². The first kappa shape index (κ1) is 19.7. The number of nitrogens with zero attached hydrogens (tertiary/aromatic N) is 1. The Morgan fingerprint density at radius 3 is 2.31 bits per heavy atom. The number of rotatable bonds is 6. The Morgan fingerprint density at radius 1 is 1.08 bits per heavy atom. The van der Waals surface area contributed by atoms with Gasteiger partial charge in [-0.3, -0.25) is 20.4 Å². The van der Waals surface area contributed by atoms with Gasteiger partial charge in [0.1, 0.15) is 5.76 Å². The highest BCUT2D eigenvalue weighted by Crippen LogP contribution is 2.17. The molecule has 0 saturated carbocycles. The largest absolute Gasteiger partial charge is 0.469 e. The lowest BCUT2D eigenvalue weighted by Gasteiger charge is -2.18. The molecule has 2 N–H and O–H groups in total. The predicted molar refractivity (Wildman–Crippen MR) is 94.9 cm³/mol.